The van der Waals surface area contributed by atoms with Crippen molar-refractivity contribution in [1.82, 2.24) is 15.1 Å². The predicted molar refractivity (Wildman–Crippen MR) is 183 cm³/mol. The number of hydrogen-bond donors (Lipinski definition) is 2. The summed E-state index contributed by atoms with van der Waals surface area (Å²) in [7, 11) is 1.51. The molecule has 1 aromatic carbocycles. The third kappa shape index (κ3) is 7.07. The zero-order valence-electron chi connectivity index (χ0n) is 29.9. The van der Waals surface area contributed by atoms with Crippen molar-refractivity contribution in [2.75, 3.05) is 26.9 Å². The number of allylic oxidation sites excluding steroid dienone is 1. The van der Waals surface area contributed by atoms with E-state index >= 15 is 4.79 Å². The molecule has 2 saturated heterocycles. The lowest BCUT2D eigenvalue weighted by molar-refractivity contribution is -0.163. The van der Waals surface area contributed by atoms with Gasteiger partial charge in [-0.15, -0.1) is 0 Å². The highest BCUT2D eigenvalue weighted by Crippen LogP contribution is 2.56. The number of carbonyl (C=O) groups excluding carboxylic acids is 4. The molecule has 49 heavy (non-hydrogen) atoms. The van der Waals surface area contributed by atoms with Crippen LogP contribution in [0.1, 0.15) is 78.9 Å². The monoisotopic (exact) mass is 679 g/mol. The molecule has 2 N–H and O–H groups in total. The van der Waals surface area contributed by atoms with E-state index in [2.05, 4.69) is 26.1 Å². The van der Waals surface area contributed by atoms with Crippen LogP contribution >= 0.6 is 0 Å². The maximum absolute atomic E-state index is 15.1. The van der Waals surface area contributed by atoms with E-state index < -0.39 is 65.2 Å². The van der Waals surface area contributed by atoms with Crippen molar-refractivity contribution in [3.05, 3.63) is 60.2 Å². The van der Waals surface area contributed by atoms with Gasteiger partial charge in [0.1, 0.15) is 23.7 Å². The first kappa shape index (κ1) is 36.7. The maximum Gasteiger partial charge on any atom is 0.313 e. The van der Waals surface area contributed by atoms with E-state index in [4.69, 9.17) is 14.2 Å². The van der Waals surface area contributed by atoms with Crippen molar-refractivity contribution < 1.29 is 38.5 Å². The Morgan fingerprint density at radius 2 is 1.78 bits per heavy atom. The standard InChI is InChI=1S/C38H53N3O8/c1-8-25(21-42)41-32-34(45)40(37(5,6)23-36(2,3)4)20-14-10-13-17-28(43)39-26(22-47-7)31(24-15-11-9-12-16-24)48-35(46)29-27-18-19-38(32,49-27)30(29)33(41)44/h9-12,14-16,18-19,25-27,29-32,42H,8,13,17,20-23H2,1-7H3,(H,39,43)/b14-10-/t25-,26+,27-,29+,30+,31+,32-,38+/m0/s1. The average Bonchev–Trinajstić information content (AvgIpc) is 3.68. The second kappa shape index (κ2) is 14.4. The Morgan fingerprint density at radius 3 is 2.41 bits per heavy atom. The number of amides is 3. The molecule has 4 heterocycles. The van der Waals surface area contributed by atoms with Crippen LogP contribution in [0.15, 0.2) is 54.6 Å². The number of cyclic esters (lactones) is 1. The number of fused-ring (bicyclic) bond motifs is 2. The number of aliphatic hydroxyl groups is 1. The number of ether oxygens (including phenoxy) is 3. The largest absolute Gasteiger partial charge is 0.455 e. The molecule has 0 unspecified atom stereocenters. The molecule has 1 aromatic rings. The van der Waals surface area contributed by atoms with Crippen LogP contribution in [-0.2, 0) is 33.4 Å². The summed E-state index contributed by atoms with van der Waals surface area (Å²) in [6.07, 6.45) is 7.24. The van der Waals surface area contributed by atoms with Gasteiger partial charge in [0.15, 0.2) is 0 Å². The summed E-state index contributed by atoms with van der Waals surface area (Å²) in [5.41, 5.74) is -1.56. The van der Waals surface area contributed by atoms with Crippen LogP contribution in [0.5, 0.6) is 0 Å². The summed E-state index contributed by atoms with van der Waals surface area (Å²) in [4.78, 5) is 60.7. The Hall–Kier alpha value is -3.54. The van der Waals surface area contributed by atoms with Gasteiger partial charge in [-0.25, -0.2) is 0 Å². The van der Waals surface area contributed by atoms with Crippen molar-refractivity contribution in [2.45, 2.75) is 109 Å². The number of methoxy groups -OCH3 is 1. The number of aliphatic hydroxyl groups excluding tert-OH is 1. The number of rotatable bonds is 8. The summed E-state index contributed by atoms with van der Waals surface area (Å²) < 4.78 is 18.4. The fraction of sp³-hybridized carbons (Fsp3) is 0.632. The number of nitrogens with zero attached hydrogens (tertiary/aromatic N) is 2. The first-order chi connectivity index (χ1) is 23.2. The summed E-state index contributed by atoms with van der Waals surface area (Å²) in [5.74, 6) is -3.74. The summed E-state index contributed by atoms with van der Waals surface area (Å²) >= 11 is 0. The SMILES string of the molecule is CC[C@@H](CO)N1C(=O)[C@H]2[C@@H]3C(=O)O[C@H](c4ccccc4)[C@@H](COC)NC(=O)CC/C=C\CN(C(C)(C)CC(C)(C)C)C(=O)[C@H]1[C@@]21C=C[C@@H]3O1. The van der Waals surface area contributed by atoms with Crippen LogP contribution in [0.4, 0.5) is 0 Å². The minimum Gasteiger partial charge on any atom is -0.455 e. The van der Waals surface area contributed by atoms with Crippen molar-refractivity contribution in [3.63, 3.8) is 0 Å². The molecule has 5 rings (SSSR count). The van der Waals surface area contributed by atoms with Crippen molar-refractivity contribution in [3.8, 4) is 0 Å². The van der Waals surface area contributed by atoms with E-state index in [1.807, 2.05) is 63.3 Å². The summed E-state index contributed by atoms with van der Waals surface area (Å²) in [5, 5.41) is 13.5. The van der Waals surface area contributed by atoms with E-state index in [0.29, 0.717) is 24.8 Å². The third-order valence-corrected chi connectivity index (χ3v) is 10.3. The van der Waals surface area contributed by atoms with Crippen LogP contribution in [0.25, 0.3) is 0 Å². The van der Waals surface area contributed by atoms with Gasteiger partial charge in [0.2, 0.25) is 17.7 Å². The number of nitrogens with one attached hydrogen (secondary N) is 1. The highest BCUT2D eigenvalue weighted by molar-refractivity contribution is 5.99. The number of likely N-dealkylation sites (tertiary alicyclic amines) is 1. The number of carbonyl (C=O) groups is 4. The molecule has 4 aliphatic heterocycles. The number of benzene rings is 1. The molecule has 11 heteroatoms. The second-order valence-corrected chi connectivity index (χ2v) is 15.6. The average molecular weight is 680 g/mol. The Bertz CT molecular complexity index is 1450. The Kier molecular flexibility index (Phi) is 10.8. The minimum absolute atomic E-state index is 0.0715. The quantitative estimate of drug-likeness (QED) is 0.314. The van der Waals surface area contributed by atoms with E-state index in [1.54, 1.807) is 17.1 Å². The van der Waals surface area contributed by atoms with Crippen LogP contribution in [-0.4, -0.2) is 101 Å². The number of hydrogen-bond acceptors (Lipinski definition) is 8. The fourth-order valence-electron chi connectivity index (χ4n) is 8.54. The van der Waals surface area contributed by atoms with Crippen molar-refractivity contribution in [1.29, 1.82) is 0 Å². The second-order valence-electron chi connectivity index (χ2n) is 15.6. The third-order valence-electron chi connectivity index (χ3n) is 10.3. The van der Waals surface area contributed by atoms with Crippen molar-refractivity contribution in [2.24, 2.45) is 17.3 Å². The van der Waals surface area contributed by atoms with Crippen LogP contribution < -0.4 is 5.32 Å². The predicted octanol–water partition coefficient (Wildman–Crippen LogP) is 3.72. The smallest absolute Gasteiger partial charge is 0.313 e. The molecular formula is C38H53N3O8. The van der Waals surface area contributed by atoms with Gasteiger partial charge in [-0.3, -0.25) is 19.2 Å². The number of esters is 1. The summed E-state index contributed by atoms with van der Waals surface area (Å²) in [6, 6.07) is 6.62. The zero-order chi connectivity index (χ0) is 35.7. The van der Waals surface area contributed by atoms with Gasteiger partial charge in [-0.05, 0) is 44.1 Å². The van der Waals surface area contributed by atoms with Gasteiger partial charge in [0.05, 0.1) is 37.3 Å². The lowest BCUT2D eigenvalue weighted by atomic mass is 9.74. The minimum atomic E-state index is -1.43. The highest BCUT2D eigenvalue weighted by atomic mass is 16.6. The van der Waals surface area contributed by atoms with Gasteiger partial charge >= 0.3 is 5.97 Å². The normalized spacial score (nSPS) is 32.2. The van der Waals surface area contributed by atoms with E-state index in [-0.39, 0.29) is 43.4 Å². The molecule has 8 atom stereocenters. The molecule has 0 aliphatic carbocycles. The topological polar surface area (TPSA) is 135 Å². The van der Waals surface area contributed by atoms with E-state index in [9.17, 15) is 19.5 Å². The molecule has 0 aromatic heterocycles. The molecule has 268 valence electrons. The molecule has 0 saturated carbocycles. The molecule has 3 amide bonds. The lowest BCUT2D eigenvalue weighted by Gasteiger charge is -2.46. The van der Waals surface area contributed by atoms with E-state index in [0.717, 1.165) is 0 Å². The summed E-state index contributed by atoms with van der Waals surface area (Å²) in [6.45, 7) is 12.2. The molecule has 2 fully saturated rings. The maximum atomic E-state index is 15.1. The van der Waals surface area contributed by atoms with Gasteiger partial charge in [-0.1, -0.05) is 82.3 Å². The molecule has 4 aliphatic rings. The van der Waals surface area contributed by atoms with Gasteiger partial charge in [0.25, 0.3) is 0 Å². The van der Waals surface area contributed by atoms with Gasteiger partial charge in [-0.2, -0.15) is 0 Å². The Balaban J connectivity index is 1.65. The molecular weight excluding hydrogens is 626 g/mol. The van der Waals surface area contributed by atoms with E-state index in [1.165, 1.54) is 12.0 Å². The molecule has 11 nitrogen and oxygen atoms in total. The molecule has 5 bridgehead atoms. The van der Waals surface area contributed by atoms with Gasteiger partial charge < -0.3 is 34.4 Å². The van der Waals surface area contributed by atoms with Crippen LogP contribution in [0.3, 0.4) is 0 Å². The highest BCUT2D eigenvalue weighted by Gasteiger charge is 2.74. The van der Waals surface area contributed by atoms with Crippen molar-refractivity contribution >= 4 is 23.7 Å². The van der Waals surface area contributed by atoms with Crippen LogP contribution in [0.2, 0.25) is 0 Å². The Labute approximate surface area is 290 Å². The lowest BCUT2D eigenvalue weighted by Crippen LogP contribution is -2.62. The fourth-order valence-corrected chi connectivity index (χ4v) is 8.54. The van der Waals surface area contributed by atoms with Crippen LogP contribution in [0, 0.1) is 17.3 Å². The Morgan fingerprint density at radius 1 is 1.06 bits per heavy atom. The van der Waals surface area contributed by atoms with Gasteiger partial charge in [0, 0.05) is 25.6 Å². The first-order valence-corrected chi connectivity index (χ1v) is 17.5. The molecule has 0 radical (unpaired) electrons. The molecule has 1 spiro atoms. The first-order valence-electron chi connectivity index (χ1n) is 17.5. The zero-order valence-corrected chi connectivity index (χ0v) is 29.9.